The van der Waals surface area contributed by atoms with E-state index in [0.717, 1.165) is 5.56 Å². The van der Waals surface area contributed by atoms with Gasteiger partial charge >= 0.3 is 0 Å². The van der Waals surface area contributed by atoms with Crippen LogP contribution in [0.3, 0.4) is 0 Å². The van der Waals surface area contributed by atoms with E-state index in [1.807, 2.05) is 13.0 Å². The fourth-order valence-electron chi connectivity index (χ4n) is 2.93. The molecule has 25 heavy (non-hydrogen) atoms. The largest absolute Gasteiger partial charge is 0.349 e. The first kappa shape index (κ1) is 17.6. The number of hydrogen-bond acceptors (Lipinski definition) is 4. The smallest absolute Gasteiger partial charge is 0.253 e. The second-order valence-electron chi connectivity index (χ2n) is 6.21. The van der Waals surface area contributed by atoms with Crippen molar-refractivity contribution in [2.45, 2.75) is 30.7 Å². The van der Waals surface area contributed by atoms with E-state index in [1.54, 1.807) is 36.5 Å². The number of piperidine rings is 1. The summed E-state index contributed by atoms with van der Waals surface area (Å²) in [4.78, 5) is 16.4. The monoisotopic (exact) mass is 359 g/mol. The third-order valence-corrected chi connectivity index (χ3v) is 6.23. The van der Waals surface area contributed by atoms with Gasteiger partial charge < -0.3 is 5.32 Å². The third-order valence-electron chi connectivity index (χ3n) is 4.34. The molecular weight excluding hydrogens is 338 g/mol. The van der Waals surface area contributed by atoms with Crippen LogP contribution >= 0.6 is 0 Å². The molecule has 2 aromatic rings. The summed E-state index contributed by atoms with van der Waals surface area (Å²) >= 11 is 0. The Labute approximate surface area is 147 Å². The Bertz CT molecular complexity index is 845. The maximum Gasteiger partial charge on any atom is 0.253 e. The molecular formula is C18H21N3O3S. The SMILES string of the molecule is Cc1cccc(S(=O)(=O)N2CCC(NC(=O)c3cccnc3)CC2)c1. The lowest BCUT2D eigenvalue weighted by molar-refractivity contribution is 0.0923. The molecule has 0 bridgehead atoms. The fourth-order valence-corrected chi connectivity index (χ4v) is 4.51. The molecule has 0 radical (unpaired) electrons. The van der Waals surface area contributed by atoms with Crippen LogP contribution in [0, 0.1) is 6.92 Å². The molecule has 1 aromatic carbocycles. The van der Waals surface area contributed by atoms with Crippen LogP contribution in [0.4, 0.5) is 0 Å². The Hall–Kier alpha value is -2.25. The summed E-state index contributed by atoms with van der Waals surface area (Å²) in [5.41, 5.74) is 1.43. The van der Waals surface area contributed by atoms with Crippen molar-refractivity contribution in [2.24, 2.45) is 0 Å². The maximum absolute atomic E-state index is 12.7. The number of sulfonamides is 1. The second kappa shape index (κ2) is 7.33. The minimum Gasteiger partial charge on any atom is -0.349 e. The Morgan fingerprint density at radius 2 is 1.96 bits per heavy atom. The molecule has 2 heterocycles. The van der Waals surface area contributed by atoms with E-state index in [0.29, 0.717) is 36.4 Å². The number of nitrogens with zero attached hydrogens (tertiary/aromatic N) is 2. The van der Waals surface area contributed by atoms with Crippen LogP contribution in [0.1, 0.15) is 28.8 Å². The minimum atomic E-state index is -3.48. The number of carbonyl (C=O) groups excluding carboxylic acids is 1. The van der Waals surface area contributed by atoms with E-state index in [1.165, 1.54) is 10.5 Å². The van der Waals surface area contributed by atoms with E-state index in [-0.39, 0.29) is 11.9 Å². The summed E-state index contributed by atoms with van der Waals surface area (Å²) in [5.74, 6) is -0.173. The molecule has 0 spiro atoms. The maximum atomic E-state index is 12.7. The van der Waals surface area contributed by atoms with Crippen molar-refractivity contribution in [3.05, 3.63) is 59.9 Å². The minimum absolute atomic E-state index is 0.0309. The normalized spacial score (nSPS) is 16.5. The average molecular weight is 359 g/mol. The molecule has 0 saturated carbocycles. The molecule has 1 N–H and O–H groups in total. The fraction of sp³-hybridized carbons (Fsp3) is 0.333. The van der Waals surface area contributed by atoms with Crippen LogP contribution in [0.15, 0.2) is 53.7 Å². The predicted molar refractivity (Wildman–Crippen MR) is 94.7 cm³/mol. The van der Waals surface area contributed by atoms with Crippen molar-refractivity contribution >= 4 is 15.9 Å². The van der Waals surface area contributed by atoms with Gasteiger partial charge in [-0.2, -0.15) is 4.31 Å². The zero-order chi connectivity index (χ0) is 17.9. The Kier molecular flexibility index (Phi) is 5.15. The molecule has 1 aliphatic rings. The zero-order valence-electron chi connectivity index (χ0n) is 14.1. The highest BCUT2D eigenvalue weighted by atomic mass is 32.2. The number of pyridine rings is 1. The standard InChI is InChI=1S/C18H21N3O3S/c1-14-4-2-6-17(12-14)25(23,24)21-10-7-16(8-11-21)20-18(22)15-5-3-9-19-13-15/h2-6,9,12-13,16H,7-8,10-11H2,1H3,(H,20,22). The molecule has 1 aromatic heterocycles. The van der Waals surface area contributed by atoms with Crippen LogP contribution in [-0.2, 0) is 10.0 Å². The molecule has 7 heteroatoms. The Morgan fingerprint density at radius 3 is 2.60 bits per heavy atom. The van der Waals surface area contributed by atoms with Gasteiger partial charge in [0.1, 0.15) is 0 Å². The summed E-state index contributed by atoms with van der Waals surface area (Å²) in [5, 5.41) is 2.96. The summed E-state index contributed by atoms with van der Waals surface area (Å²) in [7, 11) is -3.48. The summed E-state index contributed by atoms with van der Waals surface area (Å²) in [6, 6.07) is 10.3. The van der Waals surface area contributed by atoms with Gasteiger partial charge in [0.2, 0.25) is 10.0 Å². The highest BCUT2D eigenvalue weighted by Gasteiger charge is 2.30. The molecule has 1 saturated heterocycles. The van der Waals surface area contributed by atoms with Gasteiger partial charge in [-0.1, -0.05) is 12.1 Å². The van der Waals surface area contributed by atoms with Crippen LogP contribution in [0.25, 0.3) is 0 Å². The zero-order valence-corrected chi connectivity index (χ0v) is 14.9. The van der Waals surface area contributed by atoms with Gasteiger partial charge in [-0.15, -0.1) is 0 Å². The summed E-state index contributed by atoms with van der Waals surface area (Å²) in [6.07, 6.45) is 4.33. The van der Waals surface area contributed by atoms with Crippen LogP contribution in [-0.4, -0.2) is 42.7 Å². The van der Waals surface area contributed by atoms with E-state index in [2.05, 4.69) is 10.3 Å². The van der Waals surface area contributed by atoms with Crippen molar-refractivity contribution in [1.29, 1.82) is 0 Å². The van der Waals surface area contributed by atoms with Gasteiger partial charge in [0.15, 0.2) is 0 Å². The number of benzene rings is 1. The lowest BCUT2D eigenvalue weighted by atomic mass is 10.1. The quantitative estimate of drug-likeness (QED) is 0.905. The molecule has 1 fully saturated rings. The van der Waals surface area contributed by atoms with E-state index < -0.39 is 10.0 Å². The van der Waals surface area contributed by atoms with Gasteiger partial charge in [0, 0.05) is 31.5 Å². The summed E-state index contributed by atoms with van der Waals surface area (Å²) in [6.45, 7) is 2.67. The topological polar surface area (TPSA) is 79.4 Å². The number of amides is 1. The van der Waals surface area contributed by atoms with E-state index >= 15 is 0 Å². The van der Waals surface area contributed by atoms with E-state index in [4.69, 9.17) is 0 Å². The van der Waals surface area contributed by atoms with Gasteiger partial charge in [-0.05, 0) is 49.6 Å². The molecule has 0 aliphatic carbocycles. The van der Waals surface area contributed by atoms with Crippen LogP contribution in [0.2, 0.25) is 0 Å². The molecule has 0 atom stereocenters. The summed E-state index contributed by atoms with van der Waals surface area (Å²) < 4.78 is 26.9. The molecule has 6 nitrogen and oxygen atoms in total. The van der Waals surface area contributed by atoms with Gasteiger partial charge in [-0.25, -0.2) is 8.42 Å². The van der Waals surface area contributed by atoms with Gasteiger partial charge in [0.25, 0.3) is 5.91 Å². The number of aromatic nitrogens is 1. The number of carbonyl (C=O) groups is 1. The first-order valence-corrected chi connectivity index (χ1v) is 9.68. The molecule has 0 unspecified atom stereocenters. The number of nitrogens with one attached hydrogen (secondary N) is 1. The molecule has 1 amide bonds. The van der Waals surface area contributed by atoms with Crippen molar-refractivity contribution in [2.75, 3.05) is 13.1 Å². The second-order valence-corrected chi connectivity index (χ2v) is 8.15. The van der Waals surface area contributed by atoms with Crippen molar-refractivity contribution in [3.63, 3.8) is 0 Å². The Balaban J connectivity index is 1.61. The van der Waals surface area contributed by atoms with Crippen LogP contribution in [0.5, 0.6) is 0 Å². The lowest BCUT2D eigenvalue weighted by Crippen LogP contribution is -2.46. The third kappa shape index (κ3) is 4.05. The van der Waals surface area contributed by atoms with Crippen molar-refractivity contribution in [1.82, 2.24) is 14.6 Å². The van der Waals surface area contributed by atoms with Crippen LogP contribution < -0.4 is 5.32 Å². The highest BCUT2D eigenvalue weighted by molar-refractivity contribution is 7.89. The predicted octanol–water partition coefficient (Wildman–Crippen LogP) is 1.97. The lowest BCUT2D eigenvalue weighted by Gasteiger charge is -2.31. The van der Waals surface area contributed by atoms with E-state index in [9.17, 15) is 13.2 Å². The van der Waals surface area contributed by atoms with Crippen molar-refractivity contribution < 1.29 is 13.2 Å². The molecule has 132 valence electrons. The molecule has 1 aliphatic heterocycles. The number of rotatable bonds is 4. The highest BCUT2D eigenvalue weighted by Crippen LogP contribution is 2.21. The van der Waals surface area contributed by atoms with Gasteiger partial charge in [0.05, 0.1) is 10.5 Å². The Morgan fingerprint density at radius 1 is 1.20 bits per heavy atom. The molecule has 3 rings (SSSR count). The number of aryl methyl sites for hydroxylation is 1. The van der Waals surface area contributed by atoms with Gasteiger partial charge in [-0.3, -0.25) is 9.78 Å². The number of hydrogen-bond donors (Lipinski definition) is 1. The first-order chi connectivity index (χ1) is 12.0. The van der Waals surface area contributed by atoms with Crippen molar-refractivity contribution in [3.8, 4) is 0 Å². The average Bonchev–Trinajstić information content (AvgIpc) is 2.63. The first-order valence-electron chi connectivity index (χ1n) is 8.24.